The predicted molar refractivity (Wildman–Crippen MR) is 97.6 cm³/mol. The molecule has 0 saturated carbocycles. The highest BCUT2D eigenvalue weighted by molar-refractivity contribution is 7.14. The maximum absolute atomic E-state index is 12.0. The first-order chi connectivity index (χ1) is 12.2. The summed E-state index contributed by atoms with van der Waals surface area (Å²) in [5.41, 5.74) is 3.96. The van der Waals surface area contributed by atoms with Crippen molar-refractivity contribution >= 4 is 28.5 Å². The fourth-order valence-corrected chi connectivity index (χ4v) is 3.38. The molecule has 6 nitrogen and oxygen atoms in total. The largest absolute Gasteiger partial charge is 0.493 e. The number of rotatable bonds is 4. The van der Waals surface area contributed by atoms with E-state index in [1.54, 1.807) is 17.0 Å². The highest BCUT2D eigenvalue weighted by Gasteiger charge is 2.14. The molecule has 2 aromatic heterocycles. The van der Waals surface area contributed by atoms with Crippen molar-refractivity contribution in [1.82, 2.24) is 14.8 Å². The maximum atomic E-state index is 12.0. The minimum atomic E-state index is -0.216. The Morgan fingerprint density at radius 3 is 3.20 bits per heavy atom. The van der Waals surface area contributed by atoms with Crippen LogP contribution in [0.2, 0.25) is 0 Å². The van der Waals surface area contributed by atoms with Gasteiger partial charge in [-0.25, -0.2) is 4.98 Å². The quantitative estimate of drug-likeness (QED) is 0.733. The molecule has 0 atom stereocenters. The van der Waals surface area contributed by atoms with Crippen molar-refractivity contribution in [3.8, 4) is 17.0 Å². The van der Waals surface area contributed by atoms with Crippen LogP contribution in [-0.4, -0.2) is 27.3 Å². The molecule has 3 aromatic rings. The van der Waals surface area contributed by atoms with Crippen LogP contribution in [-0.2, 0) is 18.3 Å². The Morgan fingerprint density at radius 2 is 2.36 bits per heavy atom. The van der Waals surface area contributed by atoms with Crippen molar-refractivity contribution in [1.29, 1.82) is 0 Å². The van der Waals surface area contributed by atoms with Gasteiger partial charge in [0.1, 0.15) is 5.75 Å². The second kappa shape index (κ2) is 6.52. The topological polar surface area (TPSA) is 69.0 Å². The number of aromatic nitrogens is 3. The molecule has 1 aromatic carbocycles. The van der Waals surface area contributed by atoms with Gasteiger partial charge in [0.15, 0.2) is 5.13 Å². The Kier molecular flexibility index (Phi) is 4.07. The van der Waals surface area contributed by atoms with E-state index in [0.717, 1.165) is 35.6 Å². The fourth-order valence-electron chi connectivity index (χ4n) is 2.65. The summed E-state index contributed by atoms with van der Waals surface area (Å²) in [7, 11) is 1.83. The number of thiazole rings is 1. The van der Waals surface area contributed by atoms with Crippen LogP contribution in [0, 0.1) is 0 Å². The molecule has 1 N–H and O–H groups in total. The lowest BCUT2D eigenvalue weighted by Crippen LogP contribution is -2.07. The smallest absolute Gasteiger partial charge is 0.250 e. The number of nitrogens with zero attached hydrogens (tertiary/aromatic N) is 3. The summed E-state index contributed by atoms with van der Waals surface area (Å²) in [6, 6.07) is 6.07. The molecule has 3 heterocycles. The zero-order valence-electron chi connectivity index (χ0n) is 13.6. The molecule has 0 aliphatic carbocycles. The Balaban J connectivity index is 1.44. The SMILES string of the molecule is Cn1cc(/C=C\C(=O)Nc2nc(-c3ccc4c(c3)CCO4)cs2)cn1. The highest BCUT2D eigenvalue weighted by atomic mass is 32.1. The molecule has 0 saturated heterocycles. The highest BCUT2D eigenvalue weighted by Crippen LogP contribution is 2.31. The van der Waals surface area contributed by atoms with Gasteiger partial charge in [-0.1, -0.05) is 0 Å². The van der Waals surface area contributed by atoms with E-state index in [0.29, 0.717) is 5.13 Å². The number of nitrogens with one attached hydrogen (secondary N) is 1. The average Bonchev–Trinajstić information content (AvgIpc) is 3.32. The molecule has 0 radical (unpaired) electrons. The van der Waals surface area contributed by atoms with Gasteiger partial charge in [0, 0.05) is 42.2 Å². The molecule has 1 amide bonds. The summed E-state index contributed by atoms with van der Waals surface area (Å²) in [5.74, 6) is 0.736. The Hall–Kier alpha value is -2.93. The molecule has 0 bridgehead atoms. The lowest BCUT2D eigenvalue weighted by Gasteiger charge is -2.01. The minimum Gasteiger partial charge on any atom is -0.493 e. The number of fused-ring (bicyclic) bond motifs is 1. The number of carbonyl (C=O) groups is 1. The van der Waals surface area contributed by atoms with Crippen molar-refractivity contribution in [2.24, 2.45) is 7.05 Å². The van der Waals surface area contributed by atoms with Gasteiger partial charge >= 0.3 is 0 Å². The Morgan fingerprint density at radius 1 is 1.44 bits per heavy atom. The van der Waals surface area contributed by atoms with Crippen molar-refractivity contribution < 1.29 is 9.53 Å². The van der Waals surface area contributed by atoms with Gasteiger partial charge in [-0.2, -0.15) is 5.10 Å². The lowest BCUT2D eigenvalue weighted by molar-refractivity contribution is -0.111. The third kappa shape index (κ3) is 3.46. The van der Waals surface area contributed by atoms with Crippen LogP contribution in [0.1, 0.15) is 11.1 Å². The number of aryl methyl sites for hydroxylation is 1. The number of ether oxygens (including phenoxy) is 1. The predicted octanol–water partition coefficient (Wildman–Crippen LogP) is 3.13. The van der Waals surface area contributed by atoms with Gasteiger partial charge in [-0.15, -0.1) is 11.3 Å². The van der Waals surface area contributed by atoms with E-state index in [1.807, 2.05) is 30.8 Å². The third-order valence-corrected chi connectivity index (χ3v) is 4.63. The number of hydrogen-bond donors (Lipinski definition) is 1. The van der Waals surface area contributed by atoms with E-state index >= 15 is 0 Å². The van der Waals surface area contributed by atoms with Crippen LogP contribution < -0.4 is 10.1 Å². The Labute approximate surface area is 148 Å². The van der Waals surface area contributed by atoms with Crippen LogP contribution in [0.15, 0.2) is 42.0 Å². The van der Waals surface area contributed by atoms with Gasteiger partial charge < -0.3 is 4.74 Å². The minimum absolute atomic E-state index is 0.216. The van der Waals surface area contributed by atoms with E-state index in [1.165, 1.54) is 23.0 Å². The first kappa shape index (κ1) is 15.6. The molecule has 1 aliphatic rings. The Bertz CT molecular complexity index is 958. The van der Waals surface area contributed by atoms with Crippen molar-refractivity contribution in [2.45, 2.75) is 6.42 Å². The van der Waals surface area contributed by atoms with Crippen LogP contribution in [0.3, 0.4) is 0 Å². The summed E-state index contributed by atoms with van der Waals surface area (Å²) in [6.07, 6.45) is 7.66. The molecule has 4 rings (SSSR count). The van der Waals surface area contributed by atoms with Crippen LogP contribution in [0.5, 0.6) is 5.75 Å². The van der Waals surface area contributed by atoms with E-state index in [2.05, 4.69) is 21.5 Å². The van der Waals surface area contributed by atoms with Crippen LogP contribution in [0.4, 0.5) is 5.13 Å². The number of benzene rings is 1. The fraction of sp³-hybridized carbons (Fsp3) is 0.167. The number of anilines is 1. The molecule has 0 fully saturated rings. The third-order valence-electron chi connectivity index (χ3n) is 3.87. The summed E-state index contributed by atoms with van der Waals surface area (Å²) in [6.45, 7) is 0.737. The monoisotopic (exact) mass is 352 g/mol. The average molecular weight is 352 g/mol. The van der Waals surface area contributed by atoms with Crippen LogP contribution in [0.25, 0.3) is 17.3 Å². The van der Waals surface area contributed by atoms with Crippen molar-refractivity contribution in [2.75, 3.05) is 11.9 Å². The summed E-state index contributed by atoms with van der Waals surface area (Å²) < 4.78 is 7.21. The van der Waals surface area contributed by atoms with E-state index < -0.39 is 0 Å². The number of hydrogen-bond acceptors (Lipinski definition) is 5. The molecular weight excluding hydrogens is 336 g/mol. The summed E-state index contributed by atoms with van der Waals surface area (Å²) >= 11 is 1.41. The van der Waals surface area contributed by atoms with Gasteiger partial charge in [-0.3, -0.25) is 14.8 Å². The first-order valence-corrected chi connectivity index (χ1v) is 8.75. The molecule has 126 valence electrons. The second-order valence-corrected chi connectivity index (χ2v) is 6.59. The normalized spacial score (nSPS) is 13.0. The molecule has 0 spiro atoms. The molecule has 7 heteroatoms. The van der Waals surface area contributed by atoms with Gasteiger partial charge in [0.2, 0.25) is 5.91 Å². The van der Waals surface area contributed by atoms with Gasteiger partial charge in [0.05, 0.1) is 18.5 Å². The number of amides is 1. The van der Waals surface area contributed by atoms with Gasteiger partial charge in [-0.05, 0) is 29.8 Å². The number of carbonyl (C=O) groups excluding carboxylic acids is 1. The molecular formula is C18H16N4O2S. The first-order valence-electron chi connectivity index (χ1n) is 7.87. The van der Waals surface area contributed by atoms with Crippen molar-refractivity contribution in [3.05, 3.63) is 53.2 Å². The van der Waals surface area contributed by atoms with E-state index in [9.17, 15) is 4.79 Å². The zero-order chi connectivity index (χ0) is 17.2. The lowest BCUT2D eigenvalue weighted by atomic mass is 10.1. The van der Waals surface area contributed by atoms with E-state index in [-0.39, 0.29) is 5.91 Å². The van der Waals surface area contributed by atoms with Crippen molar-refractivity contribution in [3.63, 3.8) is 0 Å². The molecule has 25 heavy (non-hydrogen) atoms. The standard InChI is InChI=1S/C18H16N4O2S/c1-22-10-12(9-19-22)2-5-17(23)21-18-20-15(11-25-18)13-3-4-16-14(8-13)6-7-24-16/h2-5,8-11H,6-7H2,1H3,(H,20,21,23)/b5-2-. The second-order valence-electron chi connectivity index (χ2n) is 5.73. The zero-order valence-corrected chi connectivity index (χ0v) is 14.4. The molecule has 1 aliphatic heterocycles. The molecule has 0 unspecified atom stereocenters. The summed E-state index contributed by atoms with van der Waals surface area (Å²) in [5, 5.41) is 9.36. The van der Waals surface area contributed by atoms with Crippen LogP contribution >= 0.6 is 11.3 Å². The van der Waals surface area contributed by atoms with E-state index in [4.69, 9.17) is 4.74 Å². The van der Waals surface area contributed by atoms with Gasteiger partial charge in [0.25, 0.3) is 0 Å². The maximum Gasteiger partial charge on any atom is 0.250 e. The summed E-state index contributed by atoms with van der Waals surface area (Å²) in [4.78, 5) is 16.5.